The minimum Gasteiger partial charge on any atom is -0.456 e. The third-order valence-corrected chi connectivity index (χ3v) is 13.9. The molecular formula is C64H41N5O2. The fourth-order valence-corrected chi connectivity index (χ4v) is 10.8. The van der Waals surface area contributed by atoms with Crippen molar-refractivity contribution in [2.45, 2.75) is 6.92 Å². The number of nitrogens with zero attached hydrogens (tertiary/aromatic N) is 5. The number of para-hydroxylation sites is 2. The molecule has 0 bridgehead atoms. The van der Waals surface area contributed by atoms with Gasteiger partial charge in [0.25, 0.3) is 0 Å². The SMILES string of the molecule is C=Cc1c(/C=C\C)n(-c2ccccc2)c2c1ccc1c3ccccc3n(-c3nc(-c4ccccc4)nc(-c4cccc5oc6ccc(-c7cccc8oc9cc(-c%10ccccc%10)ccc9c78)cc6c45)n3)c12. The number of allylic oxidation sites excluding steroid dienone is 1. The highest BCUT2D eigenvalue weighted by Gasteiger charge is 2.26. The molecule has 0 aliphatic rings. The summed E-state index contributed by atoms with van der Waals surface area (Å²) in [5, 5.41) is 7.27. The molecule has 0 aliphatic carbocycles. The molecular weight excluding hydrogens is 871 g/mol. The Labute approximate surface area is 407 Å². The van der Waals surface area contributed by atoms with Crippen molar-refractivity contribution in [1.29, 1.82) is 0 Å². The molecule has 5 aromatic heterocycles. The van der Waals surface area contributed by atoms with Gasteiger partial charge >= 0.3 is 0 Å². The number of rotatable bonds is 8. The summed E-state index contributed by atoms with van der Waals surface area (Å²) in [4.78, 5) is 16.2. The van der Waals surface area contributed by atoms with E-state index in [2.05, 4.69) is 193 Å². The zero-order valence-electron chi connectivity index (χ0n) is 38.5. The molecule has 5 heterocycles. The van der Waals surface area contributed by atoms with E-state index in [-0.39, 0.29) is 0 Å². The molecule has 14 aromatic rings. The second-order valence-corrected chi connectivity index (χ2v) is 17.9. The fourth-order valence-electron chi connectivity index (χ4n) is 10.8. The summed E-state index contributed by atoms with van der Waals surface area (Å²) < 4.78 is 17.8. The molecule has 0 aliphatic heterocycles. The first kappa shape index (κ1) is 40.5. The third kappa shape index (κ3) is 6.26. The maximum Gasteiger partial charge on any atom is 0.238 e. The Morgan fingerprint density at radius 2 is 1.07 bits per heavy atom. The Balaban J connectivity index is 1.02. The number of hydrogen-bond donors (Lipinski definition) is 0. The van der Waals surface area contributed by atoms with Gasteiger partial charge in [-0.3, -0.25) is 4.57 Å². The maximum absolute atomic E-state index is 6.67. The van der Waals surface area contributed by atoms with Gasteiger partial charge in [-0.15, -0.1) is 0 Å². The Bertz CT molecular complexity index is 4480. The summed E-state index contributed by atoms with van der Waals surface area (Å²) in [6, 6.07) is 69.4. The summed E-state index contributed by atoms with van der Waals surface area (Å²) in [5.41, 5.74) is 15.4. The highest BCUT2D eigenvalue weighted by Crippen LogP contribution is 2.44. The van der Waals surface area contributed by atoms with Crippen LogP contribution in [0.1, 0.15) is 18.2 Å². The fraction of sp³-hybridized carbons (Fsp3) is 0.0156. The maximum atomic E-state index is 6.67. The highest BCUT2D eigenvalue weighted by atomic mass is 16.3. The molecule has 0 saturated heterocycles. The van der Waals surface area contributed by atoms with Gasteiger partial charge in [0.15, 0.2) is 11.6 Å². The molecule has 0 radical (unpaired) electrons. The van der Waals surface area contributed by atoms with Gasteiger partial charge in [0.05, 0.1) is 22.2 Å². The first-order valence-corrected chi connectivity index (χ1v) is 23.8. The molecule has 7 heteroatoms. The average Bonchev–Trinajstić information content (AvgIpc) is 4.18. The number of hydrogen-bond acceptors (Lipinski definition) is 5. The van der Waals surface area contributed by atoms with Crippen molar-refractivity contribution in [2.75, 3.05) is 0 Å². The standard InChI is InChI=1S/C64H41N5O2/c1-3-18-52-44(4-2)47-34-35-48-46-25-14-15-28-53(46)69(61(48)60(47)68(52)43-23-12-7-13-24-43)64-66-62(40-21-10-6-11-22-40)65-63(67-64)50-27-17-30-56-59(50)51-37-42(32-36-54(51)70-56)45-26-16-29-55-58(45)49-33-31-41(38-57(49)71-55)39-19-8-5-9-20-39/h3-38H,2H2,1H3/b18-3-. The summed E-state index contributed by atoms with van der Waals surface area (Å²) in [5.74, 6) is 1.59. The Kier molecular flexibility index (Phi) is 9.13. The number of furan rings is 2. The van der Waals surface area contributed by atoms with Gasteiger partial charge in [-0.05, 0) is 89.9 Å². The summed E-state index contributed by atoms with van der Waals surface area (Å²) in [7, 11) is 0. The first-order chi connectivity index (χ1) is 35.1. The molecule has 0 N–H and O–H groups in total. The van der Waals surface area contributed by atoms with Gasteiger partial charge in [-0.25, -0.2) is 4.98 Å². The van der Waals surface area contributed by atoms with Crippen LogP contribution >= 0.6 is 0 Å². The summed E-state index contributed by atoms with van der Waals surface area (Å²) in [6.07, 6.45) is 6.21. The smallest absolute Gasteiger partial charge is 0.238 e. The van der Waals surface area contributed by atoms with Crippen LogP contribution in [0.25, 0.3) is 145 Å². The molecule has 334 valence electrons. The topological polar surface area (TPSA) is 74.8 Å². The van der Waals surface area contributed by atoms with Gasteiger partial charge in [0, 0.05) is 60.1 Å². The summed E-state index contributed by atoms with van der Waals surface area (Å²) >= 11 is 0. The van der Waals surface area contributed by atoms with Crippen molar-refractivity contribution in [1.82, 2.24) is 24.1 Å². The van der Waals surface area contributed by atoms with Gasteiger partial charge in [0.1, 0.15) is 22.3 Å². The zero-order chi connectivity index (χ0) is 47.2. The largest absolute Gasteiger partial charge is 0.456 e. The van der Waals surface area contributed by atoms with E-state index in [9.17, 15) is 0 Å². The van der Waals surface area contributed by atoms with Crippen LogP contribution in [0.5, 0.6) is 0 Å². The van der Waals surface area contributed by atoms with Crippen molar-refractivity contribution >= 4 is 88.7 Å². The molecule has 0 fully saturated rings. The number of benzene rings is 9. The van der Waals surface area contributed by atoms with Crippen LogP contribution in [-0.4, -0.2) is 24.1 Å². The monoisotopic (exact) mass is 911 g/mol. The molecule has 71 heavy (non-hydrogen) atoms. The number of aromatic nitrogens is 5. The van der Waals surface area contributed by atoms with Crippen LogP contribution in [-0.2, 0) is 0 Å². The summed E-state index contributed by atoms with van der Waals surface area (Å²) in [6.45, 7) is 6.38. The van der Waals surface area contributed by atoms with Crippen LogP contribution in [0, 0.1) is 0 Å². The van der Waals surface area contributed by atoms with Crippen LogP contribution in [0.2, 0.25) is 0 Å². The zero-order valence-corrected chi connectivity index (χ0v) is 38.5. The minimum atomic E-state index is 0.500. The van der Waals surface area contributed by atoms with E-state index in [0.717, 1.165) is 127 Å². The van der Waals surface area contributed by atoms with Gasteiger partial charge in [0.2, 0.25) is 5.95 Å². The molecule has 7 nitrogen and oxygen atoms in total. The van der Waals surface area contributed by atoms with E-state index in [1.54, 1.807) is 0 Å². The third-order valence-electron chi connectivity index (χ3n) is 13.9. The van der Waals surface area contributed by atoms with Gasteiger partial charge < -0.3 is 13.4 Å². The van der Waals surface area contributed by atoms with Crippen molar-refractivity contribution in [3.8, 4) is 56.7 Å². The van der Waals surface area contributed by atoms with Crippen molar-refractivity contribution in [3.05, 3.63) is 224 Å². The predicted octanol–water partition coefficient (Wildman–Crippen LogP) is 17.1. The molecule has 0 atom stereocenters. The normalized spacial score (nSPS) is 12.0. The molecule has 0 saturated carbocycles. The molecule has 9 aromatic carbocycles. The lowest BCUT2D eigenvalue weighted by atomic mass is 9.96. The minimum absolute atomic E-state index is 0.500. The van der Waals surface area contributed by atoms with E-state index in [0.29, 0.717) is 17.6 Å². The van der Waals surface area contributed by atoms with Crippen LogP contribution < -0.4 is 0 Å². The lowest BCUT2D eigenvalue weighted by Gasteiger charge is -2.14. The van der Waals surface area contributed by atoms with Crippen LogP contribution in [0.15, 0.2) is 222 Å². The van der Waals surface area contributed by atoms with Crippen molar-refractivity contribution in [3.63, 3.8) is 0 Å². The average molecular weight is 912 g/mol. The van der Waals surface area contributed by atoms with Gasteiger partial charge in [-0.2, -0.15) is 9.97 Å². The van der Waals surface area contributed by atoms with Crippen LogP contribution in [0.4, 0.5) is 0 Å². The van der Waals surface area contributed by atoms with E-state index in [4.69, 9.17) is 23.8 Å². The second-order valence-electron chi connectivity index (χ2n) is 17.9. The molecule has 0 unspecified atom stereocenters. The lowest BCUT2D eigenvalue weighted by molar-refractivity contribution is 0.669. The Hall–Kier alpha value is -9.59. The lowest BCUT2D eigenvalue weighted by Crippen LogP contribution is -2.07. The molecule has 0 amide bonds. The first-order valence-electron chi connectivity index (χ1n) is 23.8. The predicted molar refractivity (Wildman–Crippen MR) is 292 cm³/mol. The van der Waals surface area contributed by atoms with Crippen molar-refractivity contribution in [2.24, 2.45) is 0 Å². The number of fused-ring (bicyclic) bond motifs is 11. The highest BCUT2D eigenvalue weighted by molar-refractivity contribution is 6.20. The van der Waals surface area contributed by atoms with Crippen LogP contribution in [0.3, 0.4) is 0 Å². The van der Waals surface area contributed by atoms with E-state index < -0.39 is 0 Å². The van der Waals surface area contributed by atoms with Crippen molar-refractivity contribution < 1.29 is 8.83 Å². The Morgan fingerprint density at radius 3 is 1.85 bits per heavy atom. The second kappa shape index (κ2) is 16.0. The molecule has 14 rings (SSSR count). The quantitative estimate of drug-likeness (QED) is 0.152. The Morgan fingerprint density at radius 1 is 0.437 bits per heavy atom. The van der Waals surface area contributed by atoms with E-state index in [1.165, 1.54) is 0 Å². The van der Waals surface area contributed by atoms with E-state index in [1.807, 2.05) is 48.5 Å². The van der Waals surface area contributed by atoms with Gasteiger partial charge in [-0.1, -0.05) is 164 Å². The molecule has 0 spiro atoms. The van der Waals surface area contributed by atoms with E-state index >= 15 is 0 Å².